The highest BCUT2D eigenvalue weighted by Crippen LogP contribution is 2.27. The number of rotatable bonds is 6. The molecule has 0 unspecified atom stereocenters. The Bertz CT molecular complexity index is 711. The highest BCUT2D eigenvalue weighted by molar-refractivity contribution is 6.35. The number of aryl methyl sites for hydroxylation is 1. The van der Waals surface area contributed by atoms with Crippen LogP contribution >= 0.6 is 23.2 Å². The smallest absolute Gasteiger partial charge is 0.284 e. The molecule has 0 amide bonds. The van der Waals surface area contributed by atoms with E-state index < -0.39 is 0 Å². The second-order valence-electron chi connectivity index (χ2n) is 5.42. The Kier molecular flexibility index (Phi) is 6.08. The quantitative estimate of drug-likeness (QED) is 0.743. The number of nitrogens with zero attached hydrogens (tertiary/aromatic N) is 2. The van der Waals surface area contributed by atoms with Gasteiger partial charge in [-0.05, 0) is 50.5 Å². The van der Waals surface area contributed by atoms with E-state index in [4.69, 9.17) is 27.9 Å². The molecule has 0 aliphatic rings. The van der Waals surface area contributed by atoms with Crippen LogP contribution in [0.3, 0.4) is 0 Å². The molecule has 0 bridgehead atoms. The second kappa shape index (κ2) is 7.84. The molecule has 1 aromatic carbocycles. The molecule has 1 aromatic heterocycles. The zero-order valence-corrected chi connectivity index (χ0v) is 15.0. The summed E-state index contributed by atoms with van der Waals surface area (Å²) in [6.07, 6.45) is 3.12. The fraction of sp³-hybridized carbons (Fsp3) is 0.412. The number of hydrogen-bond donors (Lipinski definition) is 0. The molecule has 0 aliphatic heterocycles. The minimum atomic E-state index is -0.223. The number of carbonyl (C=O) groups is 1. The van der Waals surface area contributed by atoms with Crippen molar-refractivity contribution in [3.05, 3.63) is 45.2 Å². The average Bonchev–Trinajstić information content (AvgIpc) is 2.79. The molecule has 23 heavy (non-hydrogen) atoms. The molecule has 0 radical (unpaired) electrons. The highest BCUT2D eigenvalue weighted by Gasteiger charge is 2.17. The monoisotopic (exact) mass is 354 g/mol. The van der Waals surface area contributed by atoms with E-state index in [-0.39, 0.29) is 12.5 Å². The van der Waals surface area contributed by atoms with Crippen molar-refractivity contribution >= 4 is 29.1 Å². The topological polar surface area (TPSA) is 44.1 Å². The first-order chi connectivity index (χ1) is 10.9. The molecule has 2 aromatic rings. The summed E-state index contributed by atoms with van der Waals surface area (Å²) in [6, 6.07) is 4.89. The standard InChI is InChI=1S/C17H20Cl2N2O2/c1-4-5-6-14-11(2)20-21(12(14)3)17(22)10-23-16-8-7-13(18)9-15(16)19/h7-9H,4-6,10H2,1-3H3. The maximum Gasteiger partial charge on any atom is 0.284 e. The molecule has 124 valence electrons. The van der Waals surface area contributed by atoms with Crippen molar-refractivity contribution in [3.8, 4) is 5.75 Å². The van der Waals surface area contributed by atoms with Crippen LogP contribution in [0.25, 0.3) is 0 Å². The van der Waals surface area contributed by atoms with Gasteiger partial charge in [0, 0.05) is 10.7 Å². The van der Waals surface area contributed by atoms with Gasteiger partial charge in [-0.2, -0.15) is 5.10 Å². The van der Waals surface area contributed by atoms with Crippen LogP contribution in [0.15, 0.2) is 18.2 Å². The number of unbranched alkanes of at least 4 members (excludes halogenated alkanes) is 1. The van der Waals surface area contributed by atoms with Gasteiger partial charge in [0.2, 0.25) is 0 Å². The van der Waals surface area contributed by atoms with Gasteiger partial charge in [0.05, 0.1) is 10.7 Å². The van der Waals surface area contributed by atoms with Gasteiger partial charge >= 0.3 is 0 Å². The number of hydrogen-bond acceptors (Lipinski definition) is 3. The minimum absolute atomic E-state index is 0.128. The molecule has 0 aliphatic carbocycles. The summed E-state index contributed by atoms with van der Waals surface area (Å²) >= 11 is 11.9. The van der Waals surface area contributed by atoms with Crippen molar-refractivity contribution in [2.45, 2.75) is 40.0 Å². The normalized spacial score (nSPS) is 10.8. The summed E-state index contributed by atoms with van der Waals surface area (Å²) in [5.41, 5.74) is 2.92. The van der Waals surface area contributed by atoms with Gasteiger partial charge in [0.1, 0.15) is 5.75 Å². The molecule has 1 heterocycles. The van der Waals surface area contributed by atoms with E-state index in [2.05, 4.69) is 12.0 Å². The zero-order chi connectivity index (χ0) is 17.0. The average molecular weight is 355 g/mol. The fourth-order valence-corrected chi connectivity index (χ4v) is 2.89. The van der Waals surface area contributed by atoms with Crippen molar-refractivity contribution in [3.63, 3.8) is 0 Å². The Labute approximate surface area is 146 Å². The van der Waals surface area contributed by atoms with Crippen LogP contribution in [-0.4, -0.2) is 22.3 Å². The first-order valence-electron chi connectivity index (χ1n) is 7.60. The van der Waals surface area contributed by atoms with Crippen molar-refractivity contribution in [2.24, 2.45) is 0 Å². The van der Waals surface area contributed by atoms with E-state index >= 15 is 0 Å². The summed E-state index contributed by atoms with van der Waals surface area (Å²) in [5.74, 6) is 0.205. The molecule has 0 saturated carbocycles. The molecule has 0 saturated heterocycles. The Morgan fingerprint density at radius 2 is 2.04 bits per heavy atom. The van der Waals surface area contributed by atoms with Gasteiger partial charge < -0.3 is 4.74 Å². The van der Waals surface area contributed by atoms with Crippen molar-refractivity contribution in [1.29, 1.82) is 0 Å². The zero-order valence-electron chi connectivity index (χ0n) is 13.5. The third-order valence-electron chi connectivity index (χ3n) is 3.70. The lowest BCUT2D eigenvalue weighted by Crippen LogP contribution is -2.22. The molecule has 0 atom stereocenters. The first-order valence-corrected chi connectivity index (χ1v) is 8.35. The van der Waals surface area contributed by atoms with Crippen molar-refractivity contribution < 1.29 is 9.53 Å². The molecule has 2 rings (SSSR count). The van der Waals surface area contributed by atoms with Crippen LogP contribution in [0.1, 0.15) is 41.5 Å². The van der Waals surface area contributed by atoms with Crippen LogP contribution in [0.2, 0.25) is 10.0 Å². The third-order valence-corrected chi connectivity index (χ3v) is 4.23. The van der Waals surface area contributed by atoms with E-state index in [9.17, 15) is 4.79 Å². The van der Waals surface area contributed by atoms with Gasteiger partial charge in [0.25, 0.3) is 5.91 Å². The molecule has 4 nitrogen and oxygen atoms in total. The summed E-state index contributed by atoms with van der Waals surface area (Å²) in [4.78, 5) is 12.4. The maximum absolute atomic E-state index is 12.4. The van der Waals surface area contributed by atoms with Crippen molar-refractivity contribution in [1.82, 2.24) is 9.78 Å². The van der Waals surface area contributed by atoms with E-state index in [0.29, 0.717) is 15.8 Å². The Hall–Kier alpha value is -1.52. The summed E-state index contributed by atoms with van der Waals surface area (Å²) < 4.78 is 6.91. The van der Waals surface area contributed by atoms with Gasteiger partial charge in [-0.25, -0.2) is 4.68 Å². The lowest BCUT2D eigenvalue weighted by Gasteiger charge is -2.08. The van der Waals surface area contributed by atoms with Crippen LogP contribution in [0, 0.1) is 13.8 Å². The van der Waals surface area contributed by atoms with Crippen LogP contribution in [0.4, 0.5) is 0 Å². The number of ether oxygens (including phenoxy) is 1. The number of halogens is 2. The molecular weight excluding hydrogens is 335 g/mol. The predicted molar refractivity (Wildman–Crippen MR) is 92.9 cm³/mol. The number of aromatic nitrogens is 2. The lowest BCUT2D eigenvalue weighted by molar-refractivity contribution is 0.0818. The minimum Gasteiger partial charge on any atom is -0.482 e. The number of benzene rings is 1. The van der Waals surface area contributed by atoms with Gasteiger partial charge in [-0.3, -0.25) is 4.79 Å². The Morgan fingerprint density at radius 3 is 2.70 bits per heavy atom. The Morgan fingerprint density at radius 1 is 1.30 bits per heavy atom. The van der Waals surface area contributed by atoms with Crippen LogP contribution in [-0.2, 0) is 6.42 Å². The highest BCUT2D eigenvalue weighted by atomic mass is 35.5. The number of carbonyl (C=O) groups excluding carboxylic acids is 1. The summed E-state index contributed by atoms with van der Waals surface area (Å²) in [5, 5.41) is 5.24. The lowest BCUT2D eigenvalue weighted by atomic mass is 10.1. The molecule has 0 N–H and O–H groups in total. The summed E-state index contributed by atoms with van der Waals surface area (Å²) in [7, 11) is 0. The summed E-state index contributed by atoms with van der Waals surface area (Å²) in [6.45, 7) is 5.86. The molecule has 0 spiro atoms. The maximum atomic E-state index is 12.4. The van der Waals surface area contributed by atoms with E-state index in [0.717, 1.165) is 36.2 Å². The second-order valence-corrected chi connectivity index (χ2v) is 6.27. The molecular formula is C17H20Cl2N2O2. The van der Waals surface area contributed by atoms with Gasteiger partial charge in [-0.1, -0.05) is 36.5 Å². The van der Waals surface area contributed by atoms with E-state index in [1.807, 2.05) is 13.8 Å². The van der Waals surface area contributed by atoms with E-state index in [1.54, 1.807) is 18.2 Å². The Balaban J connectivity index is 2.09. The van der Waals surface area contributed by atoms with E-state index in [1.165, 1.54) is 4.68 Å². The molecule has 6 heteroatoms. The largest absolute Gasteiger partial charge is 0.482 e. The van der Waals surface area contributed by atoms with Gasteiger partial charge in [-0.15, -0.1) is 0 Å². The van der Waals surface area contributed by atoms with Crippen LogP contribution < -0.4 is 4.74 Å². The SMILES string of the molecule is CCCCc1c(C)nn(C(=O)COc2ccc(Cl)cc2Cl)c1C. The first kappa shape index (κ1) is 17.8. The van der Waals surface area contributed by atoms with Gasteiger partial charge in [0.15, 0.2) is 6.61 Å². The van der Waals surface area contributed by atoms with Crippen LogP contribution in [0.5, 0.6) is 5.75 Å². The fourth-order valence-electron chi connectivity index (χ4n) is 2.43. The van der Waals surface area contributed by atoms with Crippen molar-refractivity contribution in [2.75, 3.05) is 6.61 Å². The molecule has 0 fully saturated rings. The predicted octanol–water partition coefficient (Wildman–Crippen LogP) is 4.87. The third kappa shape index (κ3) is 4.27.